The molecule has 1 aromatic carbocycles. The maximum absolute atomic E-state index is 14.4. The molecule has 8 nitrogen and oxygen atoms in total. The summed E-state index contributed by atoms with van der Waals surface area (Å²) in [5.41, 5.74) is 1.83. The lowest BCUT2D eigenvalue weighted by Crippen LogP contribution is -2.23. The van der Waals surface area contributed by atoms with Crippen molar-refractivity contribution in [3.63, 3.8) is 0 Å². The van der Waals surface area contributed by atoms with Crippen molar-refractivity contribution in [2.45, 2.75) is 26.3 Å². The van der Waals surface area contributed by atoms with Gasteiger partial charge in [0.1, 0.15) is 11.6 Å². The molecule has 0 aliphatic rings. The zero-order valence-electron chi connectivity index (χ0n) is 16.2. The van der Waals surface area contributed by atoms with Gasteiger partial charge in [0.05, 0.1) is 5.69 Å². The molecule has 0 saturated heterocycles. The first-order valence-corrected chi connectivity index (χ1v) is 9.38. The predicted molar refractivity (Wildman–Crippen MR) is 106 cm³/mol. The van der Waals surface area contributed by atoms with Crippen LogP contribution in [0, 0.1) is 12.7 Å². The highest BCUT2D eigenvalue weighted by molar-refractivity contribution is 5.76. The molecule has 30 heavy (non-hydrogen) atoms. The fraction of sp³-hybridized carbons (Fsp3) is 0.190. The van der Waals surface area contributed by atoms with Crippen LogP contribution in [0.5, 0.6) is 0 Å². The van der Waals surface area contributed by atoms with Crippen LogP contribution >= 0.6 is 0 Å². The van der Waals surface area contributed by atoms with Gasteiger partial charge in [-0.15, -0.1) is 0 Å². The number of nitrogens with zero attached hydrogens (tertiary/aromatic N) is 5. The van der Waals surface area contributed by atoms with Gasteiger partial charge < -0.3 is 14.4 Å². The van der Waals surface area contributed by atoms with Gasteiger partial charge in [0.2, 0.25) is 17.6 Å². The molecule has 3 aromatic heterocycles. The number of hydrogen-bond acceptors (Lipinski definition) is 6. The number of nitrogens with one attached hydrogen (secondary N) is 1. The van der Waals surface area contributed by atoms with E-state index in [0.29, 0.717) is 35.2 Å². The van der Waals surface area contributed by atoms with Crippen LogP contribution in [0.4, 0.5) is 4.39 Å². The van der Waals surface area contributed by atoms with Gasteiger partial charge in [-0.05, 0) is 36.8 Å². The molecule has 0 fully saturated rings. The number of carbonyl (C=O) groups is 1. The molecule has 0 radical (unpaired) electrons. The SMILES string of the molecule is Cc1nccn1-c1ccc(CNC(=O)CCc2nc(-c3cccnc3)no2)cc1F. The molecule has 1 N–H and O–H groups in total. The summed E-state index contributed by atoms with van der Waals surface area (Å²) in [5, 5.41) is 6.67. The Bertz CT molecular complexity index is 1160. The fourth-order valence-electron chi connectivity index (χ4n) is 2.97. The number of aryl methyl sites for hydroxylation is 2. The van der Waals surface area contributed by atoms with Gasteiger partial charge in [-0.1, -0.05) is 11.2 Å². The Labute approximate surface area is 171 Å². The van der Waals surface area contributed by atoms with Crippen LogP contribution in [0.3, 0.4) is 0 Å². The molecule has 0 aliphatic heterocycles. The van der Waals surface area contributed by atoms with Gasteiger partial charge in [-0.2, -0.15) is 4.98 Å². The highest BCUT2D eigenvalue weighted by Gasteiger charge is 2.12. The Kier molecular flexibility index (Phi) is 5.60. The molecule has 0 aliphatic carbocycles. The Balaban J connectivity index is 1.30. The van der Waals surface area contributed by atoms with Crippen molar-refractivity contribution in [2.75, 3.05) is 0 Å². The summed E-state index contributed by atoms with van der Waals surface area (Å²) in [6, 6.07) is 8.46. The number of imidazole rings is 1. The number of amides is 1. The van der Waals surface area contributed by atoms with Gasteiger partial charge in [0.15, 0.2) is 0 Å². The van der Waals surface area contributed by atoms with Gasteiger partial charge in [0, 0.05) is 49.7 Å². The molecule has 0 unspecified atom stereocenters. The summed E-state index contributed by atoms with van der Waals surface area (Å²) in [6.07, 6.45) is 7.11. The van der Waals surface area contributed by atoms with Crippen molar-refractivity contribution in [2.24, 2.45) is 0 Å². The molecule has 4 rings (SSSR count). The number of aromatic nitrogens is 5. The van der Waals surface area contributed by atoms with Gasteiger partial charge in [-0.25, -0.2) is 9.37 Å². The van der Waals surface area contributed by atoms with E-state index < -0.39 is 0 Å². The summed E-state index contributed by atoms with van der Waals surface area (Å²) in [7, 11) is 0. The second-order valence-corrected chi connectivity index (χ2v) is 6.66. The van der Waals surface area contributed by atoms with E-state index in [1.165, 1.54) is 6.07 Å². The van der Waals surface area contributed by atoms with Crippen LogP contribution in [-0.2, 0) is 17.8 Å². The Morgan fingerprint density at radius 2 is 2.17 bits per heavy atom. The fourth-order valence-corrected chi connectivity index (χ4v) is 2.97. The number of benzene rings is 1. The minimum Gasteiger partial charge on any atom is -0.352 e. The molecule has 1 amide bonds. The summed E-state index contributed by atoms with van der Waals surface area (Å²) in [5.74, 6) is 0.933. The standard InChI is InChI=1S/C21H19FN6O2/c1-14-24-9-10-28(14)18-5-4-15(11-17(18)22)12-25-19(29)6-7-20-26-21(27-30-20)16-3-2-8-23-13-16/h2-5,8-11,13H,6-7,12H2,1H3,(H,25,29). The second kappa shape index (κ2) is 8.64. The molecule has 0 bridgehead atoms. The first-order chi connectivity index (χ1) is 14.6. The molecular weight excluding hydrogens is 387 g/mol. The molecular formula is C21H19FN6O2. The average molecular weight is 406 g/mol. The number of halogens is 1. The first kappa shape index (κ1) is 19.4. The van der Waals surface area contributed by atoms with E-state index in [0.717, 1.165) is 5.56 Å². The zero-order chi connectivity index (χ0) is 20.9. The third-order valence-electron chi connectivity index (χ3n) is 4.54. The van der Waals surface area contributed by atoms with Crippen LogP contribution in [0.1, 0.15) is 23.7 Å². The normalized spacial score (nSPS) is 10.9. The van der Waals surface area contributed by atoms with Crippen molar-refractivity contribution in [1.82, 2.24) is 30.0 Å². The molecule has 4 aromatic rings. The highest BCUT2D eigenvalue weighted by atomic mass is 19.1. The highest BCUT2D eigenvalue weighted by Crippen LogP contribution is 2.17. The topological polar surface area (TPSA) is 98.7 Å². The molecule has 152 valence electrons. The van der Waals surface area contributed by atoms with Crippen LogP contribution in [0.2, 0.25) is 0 Å². The van der Waals surface area contributed by atoms with Crippen LogP contribution in [0.15, 0.2) is 59.6 Å². The van der Waals surface area contributed by atoms with Crippen molar-refractivity contribution >= 4 is 5.91 Å². The number of rotatable bonds is 7. The summed E-state index contributed by atoms with van der Waals surface area (Å²) in [6.45, 7) is 2.03. The number of hydrogen-bond donors (Lipinski definition) is 1. The minimum atomic E-state index is -0.378. The molecule has 0 spiro atoms. The second-order valence-electron chi connectivity index (χ2n) is 6.66. The van der Waals surface area contributed by atoms with E-state index >= 15 is 0 Å². The van der Waals surface area contributed by atoms with Crippen molar-refractivity contribution in [3.05, 3.63) is 78.2 Å². The van der Waals surface area contributed by atoms with Crippen molar-refractivity contribution in [3.8, 4) is 17.1 Å². The maximum atomic E-state index is 14.4. The van der Waals surface area contributed by atoms with E-state index in [-0.39, 0.29) is 24.7 Å². The third kappa shape index (κ3) is 4.40. The van der Waals surface area contributed by atoms with Crippen molar-refractivity contribution < 1.29 is 13.7 Å². The first-order valence-electron chi connectivity index (χ1n) is 9.38. The summed E-state index contributed by atoms with van der Waals surface area (Å²) < 4.78 is 21.3. The summed E-state index contributed by atoms with van der Waals surface area (Å²) in [4.78, 5) is 24.5. The van der Waals surface area contributed by atoms with E-state index in [4.69, 9.17) is 4.52 Å². The smallest absolute Gasteiger partial charge is 0.227 e. The van der Waals surface area contributed by atoms with Crippen LogP contribution < -0.4 is 5.32 Å². The lowest BCUT2D eigenvalue weighted by atomic mass is 10.2. The van der Waals surface area contributed by atoms with Gasteiger partial charge in [-0.3, -0.25) is 9.78 Å². The van der Waals surface area contributed by atoms with Crippen molar-refractivity contribution in [1.29, 1.82) is 0 Å². The van der Waals surface area contributed by atoms with E-state index in [9.17, 15) is 9.18 Å². The quantitative estimate of drug-likeness (QED) is 0.507. The molecule has 3 heterocycles. The molecule has 9 heteroatoms. The lowest BCUT2D eigenvalue weighted by Gasteiger charge is -2.09. The third-order valence-corrected chi connectivity index (χ3v) is 4.54. The van der Waals surface area contributed by atoms with E-state index in [2.05, 4.69) is 25.4 Å². The largest absolute Gasteiger partial charge is 0.352 e. The monoisotopic (exact) mass is 406 g/mol. The zero-order valence-corrected chi connectivity index (χ0v) is 16.2. The predicted octanol–water partition coefficient (Wildman–Crippen LogP) is 3.01. The molecule has 0 saturated carbocycles. The number of pyridine rings is 1. The van der Waals surface area contributed by atoms with Gasteiger partial charge >= 0.3 is 0 Å². The van der Waals surface area contributed by atoms with Crippen LogP contribution in [0.25, 0.3) is 17.1 Å². The van der Waals surface area contributed by atoms with E-state index in [1.54, 1.807) is 54.5 Å². The summed E-state index contributed by atoms with van der Waals surface area (Å²) >= 11 is 0. The number of carbonyl (C=O) groups excluding carboxylic acids is 1. The minimum absolute atomic E-state index is 0.184. The van der Waals surface area contributed by atoms with E-state index in [1.807, 2.05) is 6.07 Å². The molecule has 0 atom stereocenters. The Morgan fingerprint density at radius 1 is 1.27 bits per heavy atom. The van der Waals surface area contributed by atoms with Crippen LogP contribution in [-0.4, -0.2) is 30.6 Å². The lowest BCUT2D eigenvalue weighted by molar-refractivity contribution is -0.121. The Hall–Kier alpha value is -3.88. The van der Waals surface area contributed by atoms with Gasteiger partial charge in [0.25, 0.3) is 0 Å². The maximum Gasteiger partial charge on any atom is 0.227 e. The Morgan fingerprint density at radius 3 is 2.90 bits per heavy atom. The average Bonchev–Trinajstić information content (AvgIpc) is 3.41.